The van der Waals surface area contributed by atoms with Crippen molar-refractivity contribution in [2.75, 3.05) is 14.1 Å². The fraction of sp³-hybridized carbons (Fsp3) is 0.222. The van der Waals surface area contributed by atoms with Crippen molar-refractivity contribution in [2.45, 2.75) is 0 Å². The van der Waals surface area contributed by atoms with Crippen LogP contribution in [0.2, 0.25) is 5.02 Å². The fourth-order valence-electron chi connectivity index (χ4n) is 0.695. The third kappa shape index (κ3) is 2.95. The molecule has 0 heterocycles. The Morgan fingerprint density at radius 2 is 1.85 bits per heavy atom. The van der Waals surface area contributed by atoms with Crippen LogP contribution in [-0.4, -0.2) is 25.1 Å². The average Bonchev–Trinajstić information content (AvgIpc) is 2.08. The van der Waals surface area contributed by atoms with Crippen molar-refractivity contribution in [1.82, 2.24) is 4.90 Å². The Morgan fingerprint density at radius 3 is 2.31 bits per heavy atom. The molecule has 0 aliphatic heterocycles. The lowest BCUT2D eigenvalue weighted by Crippen LogP contribution is -2.25. The van der Waals surface area contributed by atoms with Gasteiger partial charge in [0.15, 0.2) is 0 Å². The molecule has 0 saturated heterocycles. The van der Waals surface area contributed by atoms with Crippen molar-refractivity contribution in [3.05, 3.63) is 29.3 Å². The number of nitrogens with zero attached hydrogens (tertiary/aromatic N) is 1. The molecule has 0 aliphatic carbocycles. The molecule has 1 amide bonds. The van der Waals surface area contributed by atoms with Crippen LogP contribution in [0.3, 0.4) is 0 Å². The summed E-state index contributed by atoms with van der Waals surface area (Å²) in [6, 6.07) is 6.62. The molecule has 70 valence electrons. The van der Waals surface area contributed by atoms with Gasteiger partial charge in [0.05, 0.1) is 0 Å². The van der Waals surface area contributed by atoms with Gasteiger partial charge in [0.25, 0.3) is 0 Å². The summed E-state index contributed by atoms with van der Waals surface area (Å²) in [5.74, 6) is 0.489. The SMILES string of the molecule is CN(C)C(=O)Oc1ccc(Cl)cc1. The number of amides is 1. The van der Waals surface area contributed by atoms with Gasteiger partial charge in [-0.1, -0.05) is 11.6 Å². The molecule has 1 rings (SSSR count). The van der Waals surface area contributed by atoms with E-state index in [4.69, 9.17) is 16.3 Å². The lowest BCUT2D eigenvalue weighted by atomic mass is 10.3. The molecule has 0 atom stereocenters. The van der Waals surface area contributed by atoms with Crippen molar-refractivity contribution in [1.29, 1.82) is 0 Å². The van der Waals surface area contributed by atoms with E-state index in [2.05, 4.69) is 0 Å². The second kappa shape index (κ2) is 4.14. The Kier molecular flexibility index (Phi) is 3.14. The Balaban J connectivity index is 2.65. The number of ether oxygens (including phenoxy) is 1. The largest absolute Gasteiger partial charge is 0.414 e. The van der Waals surface area contributed by atoms with Gasteiger partial charge in [-0.15, -0.1) is 0 Å². The Morgan fingerprint density at radius 1 is 1.31 bits per heavy atom. The van der Waals surface area contributed by atoms with Gasteiger partial charge in [-0.25, -0.2) is 4.79 Å². The molecule has 4 heteroatoms. The van der Waals surface area contributed by atoms with Gasteiger partial charge in [0.2, 0.25) is 0 Å². The van der Waals surface area contributed by atoms with Gasteiger partial charge in [-0.05, 0) is 24.3 Å². The summed E-state index contributed by atoms with van der Waals surface area (Å²) in [4.78, 5) is 12.4. The van der Waals surface area contributed by atoms with E-state index in [-0.39, 0.29) is 0 Å². The molecule has 0 radical (unpaired) electrons. The van der Waals surface area contributed by atoms with E-state index in [1.54, 1.807) is 38.4 Å². The van der Waals surface area contributed by atoms with Crippen molar-refractivity contribution >= 4 is 17.7 Å². The van der Waals surface area contributed by atoms with Crippen molar-refractivity contribution < 1.29 is 9.53 Å². The number of hydrogen-bond donors (Lipinski definition) is 0. The topological polar surface area (TPSA) is 29.5 Å². The van der Waals surface area contributed by atoms with E-state index < -0.39 is 6.09 Å². The van der Waals surface area contributed by atoms with Crippen molar-refractivity contribution in [3.8, 4) is 5.75 Å². The molecule has 0 aliphatic rings. The molecule has 0 aromatic heterocycles. The highest BCUT2D eigenvalue weighted by atomic mass is 35.5. The summed E-state index contributed by atoms with van der Waals surface area (Å²) in [5.41, 5.74) is 0. The summed E-state index contributed by atoms with van der Waals surface area (Å²) >= 11 is 5.66. The van der Waals surface area contributed by atoms with Crippen LogP contribution in [0.25, 0.3) is 0 Å². The number of halogens is 1. The molecule has 1 aromatic rings. The standard InChI is InChI=1S/C9H10ClNO2/c1-11(2)9(12)13-8-5-3-7(10)4-6-8/h3-6H,1-2H3. The average molecular weight is 200 g/mol. The normalized spacial score (nSPS) is 9.46. The first-order chi connectivity index (χ1) is 6.09. The Hall–Kier alpha value is -1.22. The van der Waals surface area contributed by atoms with Gasteiger partial charge >= 0.3 is 6.09 Å². The first-order valence-corrected chi connectivity index (χ1v) is 4.12. The number of hydrogen-bond acceptors (Lipinski definition) is 2. The smallest absolute Gasteiger partial charge is 0.410 e. The molecule has 3 nitrogen and oxygen atoms in total. The second-order valence-electron chi connectivity index (χ2n) is 2.72. The number of benzene rings is 1. The van der Waals surface area contributed by atoms with E-state index in [1.165, 1.54) is 4.90 Å². The first kappa shape index (κ1) is 9.86. The highest BCUT2D eigenvalue weighted by Gasteiger charge is 2.05. The van der Waals surface area contributed by atoms with Gasteiger partial charge in [0, 0.05) is 19.1 Å². The molecule has 0 N–H and O–H groups in total. The fourth-order valence-corrected chi connectivity index (χ4v) is 0.821. The van der Waals surface area contributed by atoms with Gasteiger partial charge in [0.1, 0.15) is 5.75 Å². The summed E-state index contributed by atoms with van der Waals surface area (Å²) in [6.45, 7) is 0. The maximum Gasteiger partial charge on any atom is 0.414 e. The Bertz CT molecular complexity index is 295. The Labute approximate surface area is 81.9 Å². The van der Waals surface area contributed by atoms with Gasteiger partial charge in [-0.3, -0.25) is 0 Å². The van der Waals surface area contributed by atoms with Gasteiger partial charge in [-0.2, -0.15) is 0 Å². The number of carbonyl (C=O) groups excluding carboxylic acids is 1. The van der Waals surface area contributed by atoms with Crippen LogP contribution in [0, 0.1) is 0 Å². The van der Waals surface area contributed by atoms with Crippen molar-refractivity contribution in [3.63, 3.8) is 0 Å². The summed E-state index contributed by atoms with van der Waals surface area (Å²) in [7, 11) is 3.25. The monoisotopic (exact) mass is 199 g/mol. The minimum Gasteiger partial charge on any atom is -0.410 e. The van der Waals surface area contributed by atoms with E-state index in [1.807, 2.05) is 0 Å². The zero-order valence-electron chi connectivity index (χ0n) is 7.45. The maximum atomic E-state index is 11.1. The van der Waals surface area contributed by atoms with Crippen molar-refractivity contribution in [2.24, 2.45) is 0 Å². The van der Waals surface area contributed by atoms with Crippen LogP contribution >= 0.6 is 11.6 Å². The van der Waals surface area contributed by atoms with E-state index in [9.17, 15) is 4.79 Å². The minimum atomic E-state index is -0.401. The number of carbonyl (C=O) groups is 1. The molecule has 1 aromatic carbocycles. The summed E-state index contributed by atoms with van der Waals surface area (Å²) in [6.07, 6.45) is -0.401. The molecule has 0 spiro atoms. The van der Waals surface area contributed by atoms with Crippen LogP contribution in [0.5, 0.6) is 5.75 Å². The predicted molar refractivity (Wildman–Crippen MR) is 51.2 cm³/mol. The second-order valence-corrected chi connectivity index (χ2v) is 3.15. The van der Waals surface area contributed by atoms with Crippen LogP contribution < -0.4 is 4.74 Å². The first-order valence-electron chi connectivity index (χ1n) is 3.74. The third-order valence-electron chi connectivity index (χ3n) is 1.38. The molecule has 0 fully saturated rings. The molecule has 0 saturated carbocycles. The molecule has 0 unspecified atom stereocenters. The predicted octanol–water partition coefficient (Wildman–Crippen LogP) is 2.40. The van der Waals surface area contributed by atoms with Crippen LogP contribution in [0.4, 0.5) is 4.79 Å². The number of rotatable bonds is 1. The molecule has 13 heavy (non-hydrogen) atoms. The quantitative estimate of drug-likeness (QED) is 0.695. The highest BCUT2D eigenvalue weighted by molar-refractivity contribution is 6.30. The zero-order chi connectivity index (χ0) is 9.84. The van der Waals surface area contributed by atoms with E-state index in [0.29, 0.717) is 10.8 Å². The highest BCUT2D eigenvalue weighted by Crippen LogP contribution is 2.15. The van der Waals surface area contributed by atoms with Crippen LogP contribution in [-0.2, 0) is 0 Å². The zero-order valence-corrected chi connectivity index (χ0v) is 8.21. The molecule has 0 bridgehead atoms. The van der Waals surface area contributed by atoms with Crippen LogP contribution in [0.1, 0.15) is 0 Å². The van der Waals surface area contributed by atoms with E-state index in [0.717, 1.165) is 0 Å². The van der Waals surface area contributed by atoms with E-state index >= 15 is 0 Å². The third-order valence-corrected chi connectivity index (χ3v) is 1.64. The summed E-state index contributed by atoms with van der Waals surface area (Å²) in [5, 5.41) is 0.615. The lowest BCUT2D eigenvalue weighted by Gasteiger charge is -2.10. The minimum absolute atomic E-state index is 0.401. The summed E-state index contributed by atoms with van der Waals surface area (Å²) < 4.78 is 4.96. The van der Waals surface area contributed by atoms with Crippen LogP contribution in [0.15, 0.2) is 24.3 Å². The molecular weight excluding hydrogens is 190 g/mol. The maximum absolute atomic E-state index is 11.1. The van der Waals surface area contributed by atoms with Gasteiger partial charge < -0.3 is 9.64 Å². The lowest BCUT2D eigenvalue weighted by molar-refractivity contribution is 0.172. The molecular formula is C9H10ClNO2.